The van der Waals surface area contributed by atoms with Crippen LogP contribution in [0, 0.1) is 5.41 Å². The average molecular weight is 286 g/mol. The molecule has 0 aromatic heterocycles. The molecule has 1 aromatic rings. The number of rotatable bonds is 3. The lowest BCUT2D eigenvalue weighted by Crippen LogP contribution is -2.37. The molecule has 0 saturated heterocycles. The summed E-state index contributed by atoms with van der Waals surface area (Å²) in [4.78, 5) is 2.60. The lowest BCUT2D eigenvalue weighted by molar-refractivity contribution is 0.123. The minimum Gasteiger partial charge on any atom is -0.312 e. The van der Waals surface area contributed by atoms with Crippen molar-refractivity contribution < 1.29 is 0 Å². The SMILES string of the molecule is CN(Cc1cccc2c1CCNC2)C1CCC(C)(C)CC1. The fraction of sp³-hybridized carbons (Fsp3) is 0.684. The Morgan fingerprint density at radius 2 is 2.00 bits per heavy atom. The summed E-state index contributed by atoms with van der Waals surface area (Å²) in [6.45, 7) is 8.14. The second-order valence-electron chi connectivity index (χ2n) is 7.79. The molecule has 1 fully saturated rings. The van der Waals surface area contributed by atoms with Crippen LogP contribution in [0.1, 0.15) is 56.2 Å². The Morgan fingerprint density at radius 1 is 1.24 bits per heavy atom. The molecule has 0 spiro atoms. The summed E-state index contributed by atoms with van der Waals surface area (Å²) in [7, 11) is 2.32. The van der Waals surface area contributed by atoms with E-state index in [9.17, 15) is 0 Å². The van der Waals surface area contributed by atoms with Crippen molar-refractivity contribution in [2.24, 2.45) is 5.41 Å². The van der Waals surface area contributed by atoms with Gasteiger partial charge in [-0.25, -0.2) is 0 Å². The van der Waals surface area contributed by atoms with Crippen LogP contribution < -0.4 is 5.32 Å². The monoisotopic (exact) mass is 286 g/mol. The summed E-state index contributed by atoms with van der Waals surface area (Å²) in [6.07, 6.45) is 6.66. The zero-order valence-corrected chi connectivity index (χ0v) is 13.9. The number of hydrogen-bond donors (Lipinski definition) is 1. The van der Waals surface area contributed by atoms with Gasteiger partial charge in [-0.2, -0.15) is 0 Å². The molecule has 0 radical (unpaired) electrons. The van der Waals surface area contributed by atoms with Gasteiger partial charge in [0.1, 0.15) is 0 Å². The normalized spacial score (nSPS) is 22.3. The van der Waals surface area contributed by atoms with Gasteiger partial charge in [0.2, 0.25) is 0 Å². The molecule has 1 N–H and O–H groups in total. The average Bonchev–Trinajstić information content (AvgIpc) is 2.47. The first kappa shape index (κ1) is 15.1. The van der Waals surface area contributed by atoms with Crippen LogP contribution in [0.4, 0.5) is 0 Å². The largest absolute Gasteiger partial charge is 0.312 e. The maximum Gasteiger partial charge on any atom is 0.0236 e. The zero-order chi connectivity index (χ0) is 14.9. The molecule has 2 aliphatic rings. The molecule has 1 aromatic carbocycles. The van der Waals surface area contributed by atoms with E-state index in [1.54, 1.807) is 11.1 Å². The highest BCUT2D eigenvalue weighted by molar-refractivity contribution is 5.37. The van der Waals surface area contributed by atoms with Crippen LogP contribution in [0.5, 0.6) is 0 Å². The summed E-state index contributed by atoms with van der Waals surface area (Å²) >= 11 is 0. The molecule has 1 heterocycles. The van der Waals surface area contributed by atoms with Crippen LogP contribution in [0.2, 0.25) is 0 Å². The predicted octanol–water partition coefficient (Wildman–Crippen LogP) is 3.73. The quantitative estimate of drug-likeness (QED) is 0.911. The van der Waals surface area contributed by atoms with Crippen LogP contribution in [0.15, 0.2) is 18.2 Å². The molecule has 1 saturated carbocycles. The minimum absolute atomic E-state index is 0.564. The van der Waals surface area contributed by atoms with Gasteiger partial charge in [0.05, 0.1) is 0 Å². The smallest absolute Gasteiger partial charge is 0.0236 e. The van der Waals surface area contributed by atoms with Crippen LogP contribution >= 0.6 is 0 Å². The van der Waals surface area contributed by atoms with E-state index in [0.717, 1.165) is 25.7 Å². The number of nitrogens with zero attached hydrogens (tertiary/aromatic N) is 1. The molecular formula is C19H30N2. The third kappa shape index (κ3) is 3.49. The lowest BCUT2D eigenvalue weighted by Gasteiger charge is -2.39. The summed E-state index contributed by atoms with van der Waals surface area (Å²) < 4.78 is 0. The van der Waals surface area contributed by atoms with Gasteiger partial charge in [-0.05, 0) is 67.8 Å². The van der Waals surface area contributed by atoms with E-state index < -0.39 is 0 Å². The Morgan fingerprint density at radius 3 is 2.76 bits per heavy atom. The van der Waals surface area contributed by atoms with E-state index >= 15 is 0 Å². The number of fused-ring (bicyclic) bond motifs is 1. The van der Waals surface area contributed by atoms with Crippen molar-refractivity contribution in [3.8, 4) is 0 Å². The summed E-state index contributed by atoms with van der Waals surface area (Å²) in [5.41, 5.74) is 5.24. The van der Waals surface area contributed by atoms with Gasteiger partial charge in [-0.1, -0.05) is 32.0 Å². The number of hydrogen-bond acceptors (Lipinski definition) is 2. The molecule has 0 unspecified atom stereocenters. The van der Waals surface area contributed by atoms with Crippen molar-refractivity contribution in [3.05, 3.63) is 34.9 Å². The highest BCUT2D eigenvalue weighted by atomic mass is 15.1. The first-order valence-corrected chi connectivity index (χ1v) is 8.56. The zero-order valence-electron chi connectivity index (χ0n) is 13.9. The Bertz CT molecular complexity index is 482. The van der Waals surface area contributed by atoms with E-state index in [2.05, 4.69) is 49.3 Å². The minimum atomic E-state index is 0.564. The molecule has 0 bridgehead atoms. The fourth-order valence-electron chi connectivity index (χ4n) is 3.98. The van der Waals surface area contributed by atoms with Gasteiger partial charge in [-0.15, -0.1) is 0 Å². The Kier molecular flexibility index (Phi) is 4.37. The molecular weight excluding hydrogens is 256 g/mol. The van der Waals surface area contributed by atoms with Gasteiger partial charge in [0, 0.05) is 19.1 Å². The fourth-order valence-corrected chi connectivity index (χ4v) is 3.98. The summed E-state index contributed by atoms with van der Waals surface area (Å²) in [5, 5.41) is 3.48. The predicted molar refractivity (Wildman–Crippen MR) is 89.4 cm³/mol. The maximum absolute atomic E-state index is 3.48. The highest BCUT2D eigenvalue weighted by Crippen LogP contribution is 2.37. The maximum atomic E-state index is 3.48. The second kappa shape index (κ2) is 6.10. The topological polar surface area (TPSA) is 15.3 Å². The van der Waals surface area contributed by atoms with Crippen LogP contribution in [-0.4, -0.2) is 24.5 Å². The van der Waals surface area contributed by atoms with Gasteiger partial charge in [-0.3, -0.25) is 4.90 Å². The van der Waals surface area contributed by atoms with Crippen molar-refractivity contribution in [2.45, 2.75) is 65.1 Å². The summed E-state index contributed by atoms with van der Waals surface area (Å²) in [5.74, 6) is 0. The molecule has 3 rings (SSSR count). The molecule has 2 nitrogen and oxygen atoms in total. The molecule has 0 amide bonds. The molecule has 2 heteroatoms. The first-order chi connectivity index (χ1) is 10.1. The number of benzene rings is 1. The van der Waals surface area contributed by atoms with E-state index in [4.69, 9.17) is 0 Å². The standard InChI is InChI=1S/C19H30N2/c1-19(2)10-7-17(8-11-19)21(3)14-16-6-4-5-15-13-20-12-9-18(15)16/h4-6,17,20H,7-14H2,1-3H3. The van der Waals surface area contributed by atoms with Crippen molar-refractivity contribution in [2.75, 3.05) is 13.6 Å². The molecule has 1 aliphatic heterocycles. The molecule has 1 aliphatic carbocycles. The second-order valence-corrected chi connectivity index (χ2v) is 7.79. The summed E-state index contributed by atoms with van der Waals surface area (Å²) in [6, 6.07) is 7.64. The third-order valence-electron chi connectivity index (χ3n) is 5.59. The van der Waals surface area contributed by atoms with Gasteiger partial charge < -0.3 is 5.32 Å². The van der Waals surface area contributed by atoms with Crippen molar-refractivity contribution in [1.29, 1.82) is 0 Å². The first-order valence-electron chi connectivity index (χ1n) is 8.56. The van der Waals surface area contributed by atoms with E-state index in [1.165, 1.54) is 37.7 Å². The molecule has 0 atom stereocenters. The van der Waals surface area contributed by atoms with Crippen LogP contribution in [-0.2, 0) is 19.5 Å². The number of nitrogens with one attached hydrogen (secondary N) is 1. The van der Waals surface area contributed by atoms with Crippen molar-refractivity contribution >= 4 is 0 Å². The van der Waals surface area contributed by atoms with Gasteiger partial charge >= 0.3 is 0 Å². The van der Waals surface area contributed by atoms with Crippen LogP contribution in [0.3, 0.4) is 0 Å². The Hall–Kier alpha value is -0.860. The van der Waals surface area contributed by atoms with Gasteiger partial charge in [0.15, 0.2) is 0 Å². The van der Waals surface area contributed by atoms with Crippen LogP contribution in [0.25, 0.3) is 0 Å². The molecule has 21 heavy (non-hydrogen) atoms. The molecule has 116 valence electrons. The highest BCUT2D eigenvalue weighted by Gasteiger charge is 2.29. The Labute approximate surface area is 129 Å². The van der Waals surface area contributed by atoms with Gasteiger partial charge in [0.25, 0.3) is 0 Å². The Balaban J connectivity index is 1.67. The van der Waals surface area contributed by atoms with E-state index in [-0.39, 0.29) is 0 Å². The van der Waals surface area contributed by atoms with E-state index in [0.29, 0.717) is 5.41 Å². The van der Waals surface area contributed by atoms with Crippen molar-refractivity contribution in [1.82, 2.24) is 10.2 Å². The lowest BCUT2D eigenvalue weighted by atomic mass is 9.75. The van der Waals surface area contributed by atoms with Crippen molar-refractivity contribution in [3.63, 3.8) is 0 Å². The van der Waals surface area contributed by atoms with E-state index in [1.807, 2.05) is 0 Å². The third-order valence-corrected chi connectivity index (χ3v) is 5.59.